The quantitative estimate of drug-likeness (QED) is 0.895. The van der Waals surface area contributed by atoms with Crippen LogP contribution in [-0.2, 0) is 16.0 Å². The molecule has 1 aliphatic carbocycles. The summed E-state index contributed by atoms with van der Waals surface area (Å²) in [4.78, 5) is 26.0. The predicted molar refractivity (Wildman–Crippen MR) is 75.9 cm³/mol. The van der Waals surface area contributed by atoms with Gasteiger partial charge in [0.05, 0.1) is 6.54 Å². The molecule has 3 atom stereocenters. The highest BCUT2D eigenvalue weighted by molar-refractivity contribution is 5.95. The standard InChI is InChI=1S/C16H20N2O2/c1-11-7-13(11)9-18-10-15(19)17-14(16(18)20)8-12-5-3-2-4-6-12/h2-6,11,13-14H,7-10H2,1H3,(H,17,19). The molecule has 1 heterocycles. The fraction of sp³-hybridized carbons (Fsp3) is 0.500. The molecule has 3 rings (SSSR count). The van der Waals surface area contributed by atoms with Gasteiger partial charge in [-0.25, -0.2) is 0 Å². The van der Waals surface area contributed by atoms with E-state index in [4.69, 9.17) is 0 Å². The van der Waals surface area contributed by atoms with E-state index in [2.05, 4.69) is 12.2 Å². The van der Waals surface area contributed by atoms with Gasteiger partial charge in [-0.1, -0.05) is 37.3 Å². The van der Waals surface area contributed by atoms with Crippen molar-refractivity contribution in [2.24, 2.45) is 11.8 Å². The van der Waals surface area contributed by atoms with Crippen LogP contribution in [0.2, 0.25) is 0 Å². The minimum absolute atomic E-state index is 0.0427. The van der Waals surface area contributed by atoms with E-state index in [0.717, 1.165) is 12.1 Å². The number of hydrogen-bond acceptors (Lipinski definition) is 2. The average Bonchev–Trinajstić information content (AvgIpc) is 3.12. The molecule has 3 unspecified atom stereocenters. The minimum atomic E-state index is -0.410. The zero-order valence-electron chi connectivity index (χ0n) is 11.7. The molecule has 0 spiro atoms. The zero-order valence-corrected chi connectivity index (χ0v) is 11.7. The SMILES string of the molecule is CC1CC1CN1CC(=O)NC(Cc2ccccc2)C1=O. The van der Waals surface area contributed by atoms with Gasteiger partial charge < -0.3 is 10.2 Å². The monoisotopic (exact) mass is 272 g/mol. The molecule has 0 radical (unpaired) electrons. The Labute approximate surface area is 119 Å². The normalized spacial score (nSPS) is 29.2. The summed E-state index contributed by atoms with van der Waals surface area (Å²) >= 11 is 0. The van der Waals surface area contributed by atoms with Crippen LogP contribution in [-0.4, -0.2) is 35.8 Å². The lowest BCUT2D eigenvalue weighted by Gasteiger charge is -2.32. The third-order valence-corrected chi connectivity index (χ3v) is 4.29. The van der Waals surface area contributed by atoms with E-state index in [1.165, 1.54) is 6.42 Å². The second kappa shape index (κ2) is 5.27. The van der Waals surface area contributed by atoms with Crippen molar-refractivity contribution in [3.63, 3.8) is 0 Å². The number of rotatable bonds is 4. The van der Waals surface area contributed by atoms with Gasteiger partial charge >= 0.3 is 0 Å². The highest BCUT2D eigenvalue weighted by atomic mass is 16.2. The number of amides is 2. The molecule has 0 bridgehead atoms. The lowest BCUT2D eigenvalue weighted by Crippen LogP contribution is -2.59. The second-order valence-corrected chi connectivity index (χ2v) is 6.00. The Balaban J connectivity index is 1.67. The number of piperazine rings is 1. The smallest absolute Gasteiger partial charge is 0.245 e. The average molecular weight is 272 g/mol. The van der Waals surface area contributed by atoms with Crippen LogP contribution in [0.4, 0.5) is 0 Å². The number of carbonyl (C=O) groups excluding carboxylic acids is 2. The van der Waals surface area contributed by atoms with Crippen molar-refractivity contribution in [1.29, 1.82) is 0 Å². The molecular formula is C16H20N2O2. The molecule has 4 heteroatoms. The Hall–Kier alpha value is -1.84. The number of benzene rings is 1. The molecule has 1 saturated heterocycles. The van der Waals surface area contributed by atoms with Gasteiger partial charge in [-0.3, -0.25) is 9.59 Å². The van der Waals surface area contributed by atoms with Crippen LogP contribution in [0, 0.1) is 11.8 Å². The Morgan fingerprint density at radius 2 is 1.95 bits per heavy atom. The van der Waals surface area contributed by atoms with Crippen LogP contribution in [0.5, 0.6) is 0 Å². The van der Waals surface area contributed by atoms with Crippen molar-refractivity contribution >= 4 is 11.8 Å². The number of nitrogens with one attached hydrogen (secondary N) is 1. The minimum Gasteiger partial charge on any atom is -0.342 e. The Morgan fingerprint density at radius 3 is 2.60 bits per heavy atom. The van der Waals surface area contributed by atoms with Crippen LogP contribution in [0.25, 0.3) is 0 Å². The van der Waals surface area contributed by atoms with Gasteiger partial charge in [-0.15, -0.1) is 0 Å². The van der Waals surface area contributed by atoms with Crippen LogP contribution >= 0.6 is 0 Å². The maximum Gasteiger partial charge on any atom is 0.245 e. The molecule has 1 aliphatic heterocycles. The molecule has 2 fully saturated rings. The van der Waals surface area contributed by atoms with E-state index in [0.29, 0.717) is 18.3 Å². The fourth-order valence-corrected chi connectivity index (χ4v) is 2.85. The Kier molecular flexibility index (Phi) is 3.47. The number of carbonyl (C=O) groups is 2. The second-order valence-electron chi connectivity index (χ2n) is 6.00. The van der Waals surface area contributed by atoms with E-state index in [1.807, 2.05) is 30.3 Å². The summed E-state index contributed by atoms with van der Waals surface area (Å²) in [7, 11) is 0. The Morgan fingerprint density at radius 1 is 1.25 bits per heavy atom. The van der Waals surface area contributed by atoms with E-state index < -0.39 is 6.04 Å². The first-order valence-electron chi connectivity index (χ1n) is 7.25. The van der Waals surface area contributed by atoms with Gasteiger partial charge in [0.2, 0.25) is 11.8 Å². The molecule has 1 aromatic carbocycles. The lowest BCUT2D eigenvalue weighted by molar-refractivity contribution is -0.144. The highest BCUT2D eigenvalue weighted by Crippen LogP contribution is 2.38. The molecule has 1 saturated carbocycles. The summed E-state index contributed by atoms with van der Waals surface area (Å²) < 4.78 is 0. The highest BCUT2D eigenvalue weighted by Gasteiger charge is 2.39. The summed E-state index contributed by atoms with van der Waals surface area (Å²) in [5.41, 5.74) is 1.08. The van der Waals surface area contributed by atoms with Crippen molar-refractivity contribution in [3.05, 3.63) is 35.9 Å². The van der Waals surface area contributed by atoms with Crippen molar-refractivity contribution in [2.45, 2.75) is 25.8 Å². The van der Waals surface area contributed by atoms with Gasteiger partial charge in [0, 0.05) is 13.0 Å². The van der Waals surface area contributed by atoms with Crippen LogP contribution in [0.15, 0.2) is 30.3 Å². The fourth-order valence-electron chi connectivity index (χ4n) is 2.85. The first-order valence-corrected chi connectivity index (χ1v) is 7.25. The molecule has 1 aromatic rings. The van der Waals surface area contributed by atoms with Crippen molar-refractivity contribution in [1.82, 2.24) is 10.2 Å². The van der Waals surface area contributed by atoms with E-state index in [9.17, 15) is 9.59 Å². The van der Waals surface area contributed by atoms with E-state index in [-0.39, 0.29) is 18.4 Å². The lowest BCUT2D eigenvalue weighted by atomic mass is 10.0. The van der Waals surface area contributed by atoms with Gasteiger partial charge in [0.1, 0.15) is 6.04 Å². The van der Waals surface area contributed by atoms with Crippen LogP contribution < -0.4 is 5.32 Å². The van der Waals surface area contributed by atoms with Crippen molar-refractivity contribution in [2.75, 3.05) is 13.1 Å². The van der Waals surface area contributed by atoms with Gasteiger partial charge in [-0.05, 0) is 23.8 Å². The summed E-state index contributed by atoms with van der Waals surface area (Å²) in [5, 5.41) is 2.82. The van der Waals surface area contributed by atoms with Crippen LogP contribution in [0.1, 0.15) is 18.9 Å². The van der Waals surface area contributed by atoms with Gasteiger partial charge in [0.25, 0.3) is 0 Å². The van der Waals surface area contributed by atoms with Gasteiger partial charge in [0.15, 0.2) is 0 Å². The summed E-state index contributed by atoms with van der Waals surface area (Å²) in [6, 6.07) is 9.42. The first kappa shape index (κ1) is 13.2. The first-order chi connectivity index (χ1) is 9.63. The molecule has 2 amide bonds. The molecule has 1 N–H and O–H groups in total. The number of nitrogens with zero attached hydrogens (tertiary/aromatic N) is 1. The maximum atomic E-state index is 12.5. The number of hydrogen-bond donors (Lipinski definition) is 1. The summed E-state index contributed by atoms with van der Waals surface area (Å²) in [6.07, 6.45) is 1.75. The third-order valence-electron chi connectivity index (χ3n) is 4.29. The molecule has 20 heavy (non-hydrogen) atoms. The molecule has 106 valence electrons. The van der Waals surface area contributed by atoms with E-state index in [1.54, 1.807) is 4.90 Å². The summed E-state index contributed by atoms with van der Waals surface area (Å²) in [5.74, 6) is 1.30. The van der Waals surface area contributed by atoms with Crippen LogP contribution in [0.3, 0.4) is 0 Å². The Bertz CT molecular complexity index is 514. The largest absolute Gasteiger partial charge is 0.342 e. The van der Waals surface area contributed by atoms with Crippen molar-refractivity contribution in [3.8, 4) is 0 Å². The molecule has 0 aromatic heterocycles. The predicted octanol–water partition coefficient (Wildman–Crippen LogP) is 1.21. The van der Waals surface area contributed by atoms with Gasteiger partial charge in [-0.2, -0.15) is 0 Å². The zero-order chi connectivity index (χ0) is 14.1. The molecule has 2 aliphatic rings. The molecular weight excluding hydrogens is 252 g/mol. The van der Waals surface area contributed by atoms with E-state index >= 15 is 0 Å². The molecule has 4 nitrogen and oxygen atoms in total. The third kappa shape index (κ3) is 2.84. The maximum absolute atomic E-state index is 12.5. The summed E-state index contributed by atoms with van der Waals surface area (Å²) in [6.45, 7) is 3.15. The van der Waals surface area contributed by atoms with Crippen molar-refractivity contribution < 1.29 is 9.59 Å². The topological polar surface area (TPSA) is 49.4 Å².